The number of aryl methyl sites for hydroxylation is 3. The first-order valence-corrected chi connectivity index (χ1v) is 5.90. The van der Waals surface area contributed by atoms with Gasteiger partial charge in [-0.25, -0.2) is 15.8 Å². The highest BCUT2D eigenvalue weighted by Gasteiger charge is 2.09. The molecule has 0 fully saturated rings. The molecule has 0 aromatic carbocycles. The molecule has 0 unspecified atom stereocenters. The van der Waals surface area contributed by atoms with E-state index < -0.39 is 0 Å². The molecule has 0 aliphatic heterocycles. The van der Waals surface area contributed by atoms with Crippen LogP contribution in [0, 0.1) is 13.8 Å². The zero-order valence-electron chi connectivity index (χ0n) is 9.93. The summed E-state index contributed by atoms with van der Waals surface area (Å²) in [6, 6.07) is 2.02. The Labute approximate surface area is 104 Å². The number of nitrogens with zero attached hydrogens (tertiary/aromatic N) is 4. The summed E-state index contributed by atoms with van der Waals surface area (Å²) in [5.41, 5.74) is 4.43. The van der Waals surface area contributed by atoms with Crippen molar-refractivity contribution in [2.24, 2.45) is 12.9 Å². The number of nitrogen functional groups attached to an aromatic ring is 1. The third-order valence-corrected chi connectivity index (χ3v) is 3.41. The molecule has 7 heteroatoms. The SMILES string of the molecule is Cc1cc(Sc2nc(NN)ncc2C)n(C)n1. The number of hydrogen-bond acceptors (Lipinski definition) is 6. The van der Waals surface area contributed by atoms with Crippen molar-refractivity contribution in [2.45, 2.75) is 23.9 Å². The van der Waals surface area contributed by atoms with Crippen LogP contribution in [-0.4, -0.2) is 19.7 Å². The van der Waals surface area contributed by atoms with E-state index >= 15 is 0 Å². The summed E-state index contributed by atoms with van der Waals surface area (Å²) in [5, 5.41) is 6.20. The second-order valence-corrected chi connectivity index (χ2v) is 4.68. The van der Waals surface area contributed by atoms with E-state index in [0.29, 0.717) is 5.95 Å². The van der Waals surface area contributed by atoms with Crippen LogP contribution in [0.3, 0.4) is 0 Å². The zero-order valence-corrected chi connectivity index (χ0v) is 10.7. The molecule has 0 amide bonds. The first-order valence-electron chi connectivity index (χ1n) is 5.09. The number of rotatable bonds is 3. The van der Waals surface area contributed by atoms with Crippen molar-refractivity contribution < 1.29 is 0 Å². The largest absolute Gasteiger partial charge is 0.292 e. The monoisotopic (exact) mass is 250 g/mol. The number of nitrogens with one attached hydrogen (secondary N) is 1. The summed E-state index contributed by atoms with van der Waals surface area (Å²) in [5.74, 6) is 5.71. The summed E-state index contributed by atoms with van der Waals surface area (Å²) in [4.78, 5) is 8.35. The number of hydrazine groups is 1. The second-order valence-electron chi connectivity index (χ2n) is 3.68. The highest BCUT2D eigenvalue weighted by atomic mass is 32.2. The van der Waals surface area contributed by atoms with Crippen LogP contribution in [-0.2, 0) is 7.05 Å². The van der Waals surface area contributed by atoms with Gasteiger partial charge in [-0.2, -0.15) is 5.10 Å². The zero-order chi connectivity index (χ0) is 12.4. The molecule has 2 aromatic rings. The van der Waals surface area contributed by atoms with E-state index in [1.807, 2.05) is 31.6 Å². The Morgan fingerprint density at radius 3 is 2.76 bits per heavy atom. The Balaban J connectivity index is 2.32. The lowest BCUT2D eigenvalue weighted by atomic mass is 10.4. The van der Waals surface area contributed by atoms with Gasteiger partial charge in [-0.1, -0.05) is 0 Å². The van der Waals surface area contributed by atoms with Crippen molar-refractivity contribution in [3.8, 4) is 0 Å². The van der Waals surface area contributed by atoms with E-state index in [1.54, 1.807) is 18.0 Å². The van der Waals surface area contributed by atoms with Gasteiger partial charge in [0.25, 0.3) is 0 Å². The van der Waals surface area contributed by atoms with Gasteiger partial charge in [0.2, 0.25) is 5.95 Å². The maximum Gasteiger partial charge on any atom is 0.238 e. The molecule has 0 atom stereocenters. The molecule has 0 aliphatic rings. The predicted molar refractivity (Wildman–Crippen MR) is 66.6 cm³/mol. The van der Waals surface area contributed by atoms with Crippen LogP contribution in [0.25, 0.3) is 0 Å². The summed E-state index contributed by atoms with van der Waals surface area (Å²) in [6.45, 7) is 3.93. The molecule has 0 saturated heterocycles. The maximum absolute atomic E-state index is 5.29. The lowest BCUT2D eigenvalue weighted by Gasteiger charge is -2.06. The minimum absolute atomic E-state index is 0.414. The summed E-state index contributed by atoms with van der Waals surface area (Å²) < 4.78 is 1.83. The highest BCUT2D eigenvalue weighted by Crippen LogP contribution is 2.28. The topological polar surface area (TPSA) is 81.6 Å². The summed E-state index contributed by atoms with van der Waals surface area (Å²) >= 11 is 1.54. The van der Waals surface area contributed by atoms with E-state index in [9.17, 15) is 0 Å². The van der Waals surface area contributed by atoms with Crippen LogP contribution in [0.5, 0.6) is 0 Å². The normalized spacial score (nSPS) is 10.6. The molecule has 90 valence electrons. The third-order valence-electron chi connectivity index (χ3n) is 2.21. The van der Waals surface area contributed by atoms with Crippen LogP contribution < -0.4 is 11.3 Å². The van der Waals surface area contributed by atoms with Crippen LogP contribution in [0.2, 0.25) is 0 Å². The van der Waals surface area contributed by atoms with Crippen LogP contribution >= 0.6 is 11.8 Å². The van der Waals surface area contributed by atoms with Gasteiger partial charge in [-0.3, -0.25) is 10.1 Å². The Hall–Kier alpha value is -1.60. The minimum atomic E-state index is 0.414. The van der Waals surface area contributed by atoms with E-state index in [0.717, 1.165) is 21.3 Å². The number of nitrogens with two attached hydrogens (primary N) is 1. The number of hydrogen-bond donors (Lipinski definition) is 2. The lowest BCUT2D eigenvalue weighted by molar-refractivity contribution is 0.692. The predicted octanol–water partition coefficient (Wildman–Crippen LogP) is 1.26. The van der Waals surface area contributed by atoms with Gasteiger partial charge >= 0.3 is 0 Å². The molecule has 17 heavy (non-hydrogen) atoms. The molecule has 0 aliphatic carbocycles. The Kier molecular flexibility index (Phi) is 3.30. The fraction of sp³-hybridized carbons (Fsp3) is 0.300. The second kappa shape index (κ2) is 4.72. The van der Waals surface area contributed by atoms with E-state index in [2.05, 4.69) is 20.5 Å². The molecule has 2 heterocycles. The quantitative estimate of drug-likeness (QED) is 0.485. The Morgan fingerprint density at radius 1 is 1.41 bits per heavy atom. The van der Waals surface area contributed by atoms with E-state index in [1.165, 1.54) is 0 Å². The van der Waals surface area contributed by atoms with Gasteiger partial charge in [0.1, 0.15) is 10.1 Å². The fourth-order valence-electron chi connectivity index (χ4n) is 1.38. The van der Waals surface area contributed by atoms with Gasteiger partial charge in [0.15, 0.2) is 0 Å². The molecular formula is C10H14N6S. The Bertz CT molecular complexity index is 536. The average Bonchev–Trinajstić information content (AvgIpc) is 2.60. The van der Waals surface area contributed by atoms with Gasteiger partial charge in [0, 0.05) is 18.8 Å². The van der Waals surface area contributed by atoms with Gasteiger partial charge in [-0.15, -0.1) is 0 Å². The number of aromatic nitrogens is 4. The smallest absolute Gasteiger partial charge is 0.238 e. The third kappa shape index (κ3) is 2.56. The molecule has 2 rings (SSSR count). The Morgan fingerprint density at radius 2 is 2.18 bits per heavy atom. The van der Waals surface area contributed by atoms with Crippen LogP contribution in [0.15, 0.2) is 22.3 Å². The average molecular weight is 250 g/mol. The van der Waals surface area contributed by atoms with Crippen molar-refractivity contribution in [3.05, 3.63) is 23.5 Å². The lowest BCUT2D eigenvalue weighted by Crippen LogP contribution is -2.11. The van der Waals surface area contributed by atoms with Crippen molar-refractivity contribution in [2.75, 3.05) is 5.43 Å². The molecule has 0 bridgehead atoms. The van der Waals surface area contributed by atoms with Crippen molar-refractivity contribution >= 4 is 17.7 Å². The fourth-order valence-corrected chi connectivity index (χ4v) is 2.33. The van der Waals surface area contributed by atoms with E-state index in [-0.39, 0.29) is 0 Å². The molecule has 0 spiro atoms. The first-order chi connectivity index (χ1) is 8.10. The van der Waals surface area contributed by atoms with Gasteiger partial charge < -0.3 is 0 Å². The highest BCUT2D eigenvalue weighted by molar-refractivity contribution is 7.99. The number of anilines is 1. The van der Waals surface area contributed by atoms with Gasteiger partial charge in [-0.05, 0) is 31.7 Å². The first kappa shape index (κ1) is 11.9. The van der Waals surface area contributed by atoms with Gasteiger partial charge in [0.05, 0.1) is 5.69 Å². The maximum atomic E-state index is 5.29. The van der Waals surface area contributed by atoms with Crippen molar-refractivity contribution in [1.29, 1.82) is 0 Å². The van der Waals surface area contributed by atoms with Crippen LogP contribution in [0.1, 0.15) is 11.3 Å². The summed E-state index contributed by atoms with van der Waals surface area (Å²) in [6.07, 6.45) is 1.74. The molecule has 6 nitrogen and oxygen atoms in total. The summed E-state index contributed by atoms with van der Waals surface area (Å²) in [7, 11) is 1.91. The van der Waals surface area contributed by atoms with Crippen molar-refractivity contribution in [3.63, 3.8) is 0 Å². The standard InChI is InChI=1S/C10H14N6S/c1-6-5-12-10(14-11)13-9(6)17-8-4-7(2)15-16(8)3/h4-5H,11H2,1-3H3,(H,12,13,14). The van der Waals surface area contributed by atoms with E-state index in [4.69, 9.17) is 5.84 Å². The minimum Gasteiger partial charge on any atom is -0.292 e. The molecule has 0 radical (unpaired) electrons. The van der Waals surface area contributed by atoms with Crippen molar-refractivity contribution in [1.82, 2.24) is 19.7 Å². The molecule has 0 saturated carbocycles. The molecule has 2 aromatic heterocycles. The molecule has 3 N–H and O–H groups in total. The van der Waals surface area contributed by atoms with Crippen LogP contribution in [0.4, 0.5) is 5.95 Å². The molecular weight excluding hydrogens is 236 g/mol.